The molecule has 17 heavy (non-hydrogen) atoms. The summed E-state index contributed by atoms with van der Waals surface area (Å²) in [6.07, 6.45) is 2.68. The first-order chi connectivity index (χ1) is 8.24. The number of ether oxygens (including phenoxy) is 1. The number of carbonyl (C=O) groups is 1. The molecular weight excluding hydrogens is 218 g/mol. The van der Waals surface area contributed by atoms with Gasteiger partial charge in [-0.3, -0.25) is 9.69 Å². The highest BCUT2D eigenvalue weighted by Crippen LogP contribution is 1.97. The van der Waals surface area contributed by atoms with E-state index in [1.807, 2.05) is 6.92 Å². The first-order valence-electron chi connectivity index (χ1n) is 6.57. The topological polar surface area (TPSA) is 67.6 Å². The minimum absolute atomic E-state index is 0.0196. The van der Waals surface area contributed by atoms with Gasteiger partial charge in [-0.15, -0.1) is 0 Å². The van der Waals surface area contributed by atoms with Crippen LogP contribution in [-0.4, -0.2) is 56.2 Å². The van der Waals surface area contributed by atoms with Crippen LogP contribution >= 0.6 is 0 Å². The van der Waals surface area contributed by atoms with Crippen molar-refractivity contribution in [3.63, 3.8) is 0 Å². The molecule has 0 radical (unpaired) electrons. The molecule has 0 saturated carbocycles. The van der Waals surface area contributed by atoms with Gasteiger partial charge in [0.15, 0.2) is 0 Å². The number of carbonyl (C=O) groups excluding carboxylic acids is 1. The molecule has 3 N–H and O–H groups in total. The SMILES string of the molecule is CCCC(N)C(=O)NCCCN1CCOCC1. The number of nitrogens with two attached hydrogens (primary N) is 1. The average Bonchev–Trinajstić information content (AvgIpc) is 2.36. The Balaban J connectivity index is 2.01. The van der Waals surface area contributed by atoms with E-state index >= 15 is 0 Å². The van der Waals surface area contributed by atoms with E-state index in [0.29, 0.717) is 6.54 Å². The number of rotatable bonds is 7. The predicted octanol–water partition coefficient (Wildman–Crippen LogP) is -0.0477. The van der Waals surface area contributed by atoms with E-state index in [0.717, 1.165) is 52.1 Å². The van der Waals surface area contributed by atoms with Crippen molar-refractivity contribution in [1.82, 2.24) is 10.2 Å². The number of hydrogen-bond acceptors (Lipinski definition) is 4. The van der Waals surface area contributed by atoms with Crippen molar-refractivity contribution < 1.29 is 9.53 Å². The van der Waals surface area contributed by atoms with Gasteiger partial charge in [-0.1, -0.05) is 13.3 Å². The summed E-state index contributed by atoms with van der Waals surface area (Å²) >= 11 is 0. The molecule has 0 aromatic carbocycles. The summed E-state index contributed by atoms with van der Waals surface area (Å²) in [4.78, 5) is 13.9. The molecule has 1 heterocycles. The van der Waals surface area contributed by atoms with Crippen LogP contribution in [0.5, 0.6) is 0 Å². The lowest BCUT2D eigenvalue weighted by molar-refractivity contribution is -0.122. The van der Waals surface area contributed by atoms with Gasteiger partial charge in [0, 0.05) is 19.6 Å². The molecular formula is C12H25N3O2. The van der Waals surface area contributed by atoms with Crippen molar-refractivity contribution in [3.8, 4) is 0 Å². The third-order valence-corrected chi connectivity index (χ3v) is 2.99. The molecule has 1 fully saturated rings. The minimum Gasteiger partial charge on any atom is -0.379 e. The van der Waals surface area contributed by atoms with E-state index in [1.54, 1.807) is 0 Å². The van der Waals surface area contributed by atoms with Gasteiger partial charge in [0.25, 0.3) is 0 Å². The average molecular weight is 243 g/mol. The molecule has 0 spiro atoms. The molecule has 0 aliphatic carbocycles. The van der Waals surface area contributed by atoms with Crippen LogP contribution in [0.2, 0.25) is 0 Å². The van der Waals surface area contributed by atoms with E-state index in [-0.39, 0.29) is 11.9 Å². The maximum Gasteiger partial charge on any atom is 0.236 e. The van der Waals surface area contributed by atoms with Crippen LogP contribution in [0.25, 0.3) is 0 Å². The van der Waals surface area contributed by atoms with E-state index in [9.17, 15) is 4.79 Å². The Hall–Kier alpha value is -0.650. The monoisotopic (exact) mass is 243 g/mol. The molecule has 5 heteroatoms. The van der Waals surface area contributed by atoms with Crippen LogP contribution in [0, 0.1) is 0 Å². The van der Waals surface area contributed by atoms with Gasteiger partial charge in [0.05, 0.1) is 19.3 Å². The second-order valence-electron chi connectivity index (χ2n) is 4.49. The molecule has 100 valence electrons. The molecule has 1 unspecified atom stereocenters. The van der Waals surface area contributed by atoms with E-state index < -0.39 is 0 Å². The van der Waals surface area contributed by atoms with E-state index in [2.05, 4.69) is 10.2 Å². The Morgan fingerprint density at radius 2 is 2.18 bits per heavy atom. The summed E-state index contributed by atoms with van der Waals surface area (Å²) in [5.41, 5.74) is 5.71. The number of amides is 1. The van der Waals surface area contributed by atoms with Gasteiger partial charge in [0.2, 0.25) is 5.91 Å². The first kappa shape index (κ1) is 14.4. The van der Waals surface area contributed by atoms with E-state index in [4.69, 9.17) is 10.5 Å². The smallest absolute Gasteiger partial charge is 0.236 e. The van der Waals surface area contributed by atoms with Crippen LogP contribution in [-0.2, 0) is 9.53 Å². The fraction of sp³-hybridized carbons (Fsp3) is 0.917. The largest absolute Gasteiger partial charge is 0.379 e. The van der Waals surface area contributed by atoms with E-state index in [1.165, 1.54) is 0 Å². The summed E-state index contributed by atoms with van der Waals surface area (Å²) in [7, 11) is 0. The van der Waals surface area contributed by atoms with Crippen molar-refractivity contribution in [3.05, 3.63) is 0 Å². The molecule has 1 amide bonds. The third-order valence-electron chi connectivity index (χ3n) is 2.99. The zero-order valence-corrected chi connectivity index (χ0v) is 10.8. The van der Waals surface area contributed by atoms with Crippen molar-refractivity contribution in [2.45, 2.75) is 32.2 Å². The summed E-state index contributed by atoms with van der Waals surface area (Å²) in [6, 6.07) is -0.344. The second kappa shape index (κ2) is 8.44. The highest BCUT2D eigenvalue weighted by molar-refractivity contribution is 5.81. The number of hydrogen-bond donors (Lipinski definition) is 2. The standard InChI is InChI=1S/C12H25N3O2/c1-2-4-11(13)12(16)14-5-3-6-15-7-9-17-10-8-15/h11H,2-10,13H2,1H3,(H,14,16). The molecule has 0 aromatic rings. The minimum atomic E-state index is -0.344. The normalized spacial score (nSPS) is 18.9. The quantitative estimate of drug-likeness (QED) is 0.615. The van der Waals surface area contributed by atoms with Crippen LogP contribution in [0.1, 0.15) is 26.2 Å². The molecule has 1 aliphatic heterocycles. The van der Waals surface area contributed by atoms with Gasteiger partial charge in [0.1, 0.15) is 0 Å². The zero-order chi connectivity index (χ0) is 12.5. The second-order valence-corrected chi connectivity index (χ2v) is 4.49. The van der Waals surface area contributed by atoms with Crippen LogP contribution in [0.4, 0.5) is 0 Å². The fourth-order valence-corrected chi connectivity index (χ4v) is 1.91. The van der Waals surface area contributed by atoms with Gasteiger partial charge >= 0.3 is 0 Å². The number of morpholine rings is 1. The maximum absolute atomic E-state index is 11.5. The lowest BCUT2D eigenvalue weighted by Crippen LogP contribution is -2.42. The van der Waals surface area contributed by atoms with Crippen molar-refractivity contribution >= 4 is 5.91 Å². The molecule has 1 aliphatic rings. The first-order valence-corrected chi connectivity index (χ1v) is 6.57. The molecule has 5 nitrogen and oxygen atoms in total. The lowest BCUT2D eigenvalue weighted by atomic mass is 10.1. The zero-order valence-electron chi connectivity index (χ0n) is 10.8. The summed E-state index contributed by atoms with van der Waals surface area (Å²) < 4.78 is 5.27. The molecule has 0 bridgehead atoms. The Labute approximate surface area is 104 Å². The highest BCUT2D eigenvalue weighted by Gasteiger charge is 2.12. The van der Waals surface area contributed by atoms with Crippen LogP contribution in [0.15, 0.2) is 0 Å². The van der Waals surface area contributed by atoms with Crippen molar-refractivity contribution in [2.24, 2.45) is 5.73 Å². The predicted molar refractivity (Wildman–Crippen MR) is 67.8 cm³/mol. The molecule has 1 atom stereocenters. The summed E-state index contributed by atoms with van der Waals surface area (Å²) in [5, 5.41) is 2.88. The molecule has 1 rings (SSSR count). The fourth-order valence-electron chi connectivity index (χ4n) is 1.91. The molecule has 0 aromatic heterocycles. The summed E-state index contributed by atoms with van der Waals surface area (Å²) in [5.74, 6) is -0.0196. The van der Waals surface area contributed by atoms with Gasteiger partial charge in [-0.25, -0.2) is 0 Å². The number of nitrogens with one attached hydrogen (secondary N) is 1. The highest BCUT2D eigenvalue weighted by atomic mass is 16.5. The summed E-state index contributed by atoms with van der Waals surface area (Å²) in [6.45, 7) is 7.43. The number of nitrogens with zero attached hydrogens (tertiary/aromatic N) is 1. The van der Waals surface area contributed by atoms with Gasteiger partial charge < -0.3 is 15.8 Å². The maximum atomic E-state index is 11.5. The third kappa shape index (κ3) is 6.00. The van der Waals surface area contributed by atoms with Gasteiger partial charge in [-0.2, -0.15) is 0 Å². The van der Waals surface area contributed by atoms with Crippen molar-refractivity contribution in [1.29, 1.82) is 0 Å². The Kier molecular flexibility index (Phi) is 7.16. The van der Waals surface area contributed by atoms with Crippen molar-refractivity contribution in [2.75, 3.05) is 39.4 Å². The van der Waals surface area contributed by atoms with Gasteiger partial charge in [-0.05, 0) is 19.4 Å². The lowest BCUT2D eigenvalue weighted by Gasteiger charge is -2.26. The Morgan fingerprint density at radius 3 is 2.82 bits per heavy atom. The Bertz CT molecular complexity index is 218. The Morgan fingerprint density at radius 1 is 1.47 bits per heavy atom. The van der Waals surface area contributed by atoms with Crippen LogP contribution in [0.3, 0.4) is 0 Å². The van der Waals surface area contributed by atoms with Crippen LogP contribution < -0.4 is 11.1 Å². The molecule has 1 saturated heterocycles.